The minimum absolute atomic E-state index is 0.0266. The summed E-state index contributed by atoms with van der Waals surface area (Å²) in [7, 11) is 0. The Hall–Kier alpha value is -4.39. The Morgan fingerprint density at radius 3 is 2.64 bits per heavy atom. The van der Waals surface area contributed by atoms with Crippen molar-refractivity contribution >= 4 is 41.7 Å². The number of nitro groups is 1. The van der Waals surface area contributed by atoms with Crippen LogP contribution in [0, 0.1) is 10.1 Å². The maximum absolute atomic E-state index is 12.8. The Morgan fingerprint density at radius 2 is 1.94 bits per heavy atom. The number of esters is 1. The molecule has 2 aliphatic rings. The van der Waals surface area contributed by atoms with Crippen molar-refractivity contribution in [2.75, 3.05) is 5.75 Å². The molecule has 2 heterocycles. The lowest BCUT2D eigenvalue weighted by molar-refractivity contribution is -0.384. The van der Waals surface area contributed by atoms with Crippen LogP contribution in [0.25, 0.3) is 0 Å². The van der Waals surface area contributed by atoms with E-state index in [1.165, 1.54) is 42.1 Å². The van der Waals surface area contributed by atoms with E-state index in [9.17, 15) is 34.4 Å². The predicted octanol–water partition coefficient (Wildman–Crippen LogP) is 1.59. The number of ether oxygens (including phenoxy) is 2. The van der Waals surface area contributed by atoms with E-state index in [1.54, 1.807) is 18.2 Å². The van der Waals surface area contributed by atoms with E-state index >= 15 is 0 Å². The van der Waals surface area contributed by atoms with Crippen molar-refractivity contribution in [2.45, 2.75) is 24.4 Å². The Bertz CT molecular complexity index is 1260. The van der Waals surface area contributed by atoms with E-state index in [1.807, 2.05) is 0 Å². The summed E-state index contributed by atoms with van der Waals surface area (Å²) in [6, 6.07) is 10.9. The number of carbonyl (C=O) groups excluding carboxylic acids is 4. The number of aliphatic hydroxyl groups excluding tert-OH is 1. The fraction of sp³-hybridized carbons (Fsp3) is 0.217. The third-order valence-electron chi connectivity index (χ3n) is 5.47. The summed E-state index contributed by atoms with van der Waals surface area (Å²) in [4.78, 5) is 60.0. The van der Waals surface area contributed by atoms with Crippen molar-refractivity contribution < 1.29 is 38.7 Å². The summed E-state index contributed by atoms with van der Waals surface area (Å²) in [5, 5.41) is 23.0. The second-order valence-corrected chi connectivity index (χ2v) is 8.85. The number of aliphatic hydroxyl groups is 1. The van der Waals surface area contributed by atoms with Crippen LogP contribution in [0.15, 0.2) is 60.0 Å². The van der Waals surface area contributed by atoms with Gasteiger partial charge in [0.05, 0.1) is 17.1 Å². The van der Waals surface area contributed by atoms with Gasteiger partial charge in [0.15, 0.2) is 5.70 Å². The van der Waals surface area contributed by atoms with Crippen molar-refractivity contribution in [3.63, 3.8) is 0 Å². The van der Waals surface area contributed by atoms with Crippen LogP contribution in [-0.2, 0) is 36.9 Å². The van der Waals surface area contributed by atoms with E-state index in [4.69, 9.17) is 9.47 Å². The highest BCUT2D eigenvalue weighted by Gasteiger charge is 2.54. The summed E-state index contributed by atoms with van der Waals surface area (Å²) in [6.07, 6.45) is -0.142. The monoisotopic (exact) mass is 513 g/mol. The molecule has 2 aromatic carbocycles. The minimum Gasteiger partial charge on any atom is -0.509 e. The van der Waals surface area contributed by atoms with Crippen molar-refractivity contribution in [2.24, 2.45) is 0 Å². The second kappa shape index (κ2) is 10.5. The molecule has 1 fully saturated rings. The van der Waals surface area contributed by atoms with Gasteiger partial charge in [-0.25, -0.2) is 4.79 Å². The van der Waals surface area contributed by atoms with Crippen LogP contribution in [-0.4, -0.2) is 56.4 Å². The molecule has 2 atom stereocenters. The molecule has 0 bridgehead atoms. The summed E-state index contributed by atoms with van der Waals surface area (Å²) >= 11 is 1.17. The van der Waals surface area contributed by atoms with E-state index in [-0.39, 0.29) is 48.1 Å². The summed E-state index contributed by atoms with van der Waals surface area (Å²) in [5.41, 5.74) is 0.516. The maximum Gasteiger partial charge on any atom is 0.358 e. The molecule has 36 heavy (non-hydrogen) atoms. The fourth-order valence-electron chi connectivity index (χ4n) is 3.74. The van der Waals surface area contributed by atoms with Gasteiger partial charge in [-0.2, -0.15) is 0 Å². The van der Waals surface area contributed by atoms with Gasteiger partial charge in [0.2, 0.25) is 5.91 Å². The van der Waals surface area contributed by atoms with Gasteiger partial charge in [-0.05, 0) is 23.8 Å². The number of rotatable bonds is 9. The quantitative estimate of drug-likeness (QED) is 0.165. The maximum atomic E-state index is 12.8. The number of hydrogen-bond donors (Lipinski definition) is 2. The number of fused-ring (bicyclic) bond motifs is 1. The number of amides is 2. The van der Waals surface area contributed by atoms with Crippen molar-refractivity contribution in [1.29, 1.82) is 0 Å². The SMILES string of the molecule is O=COc1ccccc1CC(=O)N[C@H]1C(=O)N2C(C(=O)OCc3ccc([N+](=O)[O-])cc3)=C(O)CS[C@H]12. The predicted molar refractivity (Wildman–Crippen MR) is 124 cm³/mol. The largest absolute Gasteiger partial charge is 0.509 e. The first-order valence-electron chi connectivity index (χ1n) is 10.5. The molecule has 2 amide bonds. The molecular formula is C23H19N3O9S. The van der Waals surface area contributed by atoms with Crippen LogP contribution in [0.3, 0.4) is 0 Å². The number of para-hydroxylation sites is 1. The Labute approximate surface area is 208 Å². The highest BCUT2D eigenvalue weighted by molar-refractivity contribution is 8.00. The minimum atomic E-state index is -0.936. The molecule has 12 nitrogen and oxygen atoms in total. The number of non-ortho nitro benzene ring substituents is 1. The summed E-state index contributed by atoms with van der Waals surface area (Å²) < 4.78 is 10.1. The first-order chi connectivity index (χ1) is 17.3. The molecule has 0 aliphatic carbocycles. The van der Waals surface area contributed by atoms with E-state index in [0.29, 0.717) is 11.1 Å². The molecule has 0 aromatic heterocycles. The van der Waals surface area contributed by atoms with Crippen molar-refractivity contribution in [1.82, 2.24) is 10.2 Å². The lowest BCUT2D eigenvalue weighted by atomic mass is 10.0. The molecule has 0 unspecified atom stereocenters. The van der Waals surface area contributed by atoms with Crippen molar-refractivity contribution in [3.8, 4) is 5.75 Å². The normalized spacial score (nSPS) is 18.6. The van der Waals surface area contributed by atoms with Gasteiger partial charge in [0.1, 0.15) is 29.5 Å². The number of nitrogens with zero attached hydrogens (tertiary/aromatic N) is 2. The molecule has 13 heteroatoms. The first kappa shape index (κ1) is 24.7. The number of nitrogens with one attached hydrogen (secondary N) is 1. The zero-order valence-electron chi connectivity index (χ0n) is 18.5. The van der Waals surface area contributed by atoms with E-state index in [0.717, 1.165) is 4.90 Å². The molecule has 4 rings (SSSR count). The summed E-state index contributed by atoms with van der Waals surface area (Å²) in [5.74, 6) is -2.10. The number of nitro benzene ring substituents is 1. The van der Waals surface area contributed by atoms with Crippen LogP contribution < -0.4 is 10.1 Å². The summed E-state index contributed by atoms with van der Waals surface area (Å²) in [6.45, 7) is 0.0275. The van der Waals surface area contributed by atoms with Crippen LogP contribution in [0.1, 0.15) is 11.1 Å². The van der Waals surface area contributed by atoms with E-state index < -0.39 is 34.1 Å². The van der Waals surface area contributed by atoms with Gasteiger partial charge >= 0.3 is 5.97 Å². The zero-order chi connectivity index (χ0) is 25.8. The molecule has 2 N–H and O–H groups in total. The molecule has 186 valence electrons. The molecule has 2 aromatic rings. The zero-order valence-corrected chi connectivity index (χ0v) is 19.3. The van der Waals surface area contributed by atoms with Crippen LogP contribution in [0.2, 0.25) is 0 Å². The molecule has 0 saturated carbocycles. The fourth-order valence-corrected chi connectivity index (χ4v) is 4.94. The molecular weight excluding hydrogens is 494 g/mol. The third kappa shape index (κ3) is 5.00. The number of carbonyl (C=O) groups is 4. The molecule has 0 spiro atoms. The lowest BCUT2D eigenvalue weighted by Gasteiger charge is -2.48. The Kier molecular flexibility index (Phi) is 7.20. The second-order valence-electron chi connectivity index (χ2n) is 7.75. The number of benzene rings is 2. The number of hydrogen-bond acceptors (Lipinski definition) is 10. The van der Waals surface area contributed by atoms with E-state index in [2.05, 4.69) is 5.32 Å². The Morgan fingerprint density at radius 1 is 1.22 bits per heavy atom. The average Bonchev–Trinajstić information content (AvgIpc) is 2.87. The van der Waals surface area contributed by atoms with Gasteiger partial charge in [0, 0.05) is 17.7 Å². The van der Waals surface area contributed by atoms with Gasteiger partial charge in [-0.3, -0.25) is 29.4 Å². The molecule has 2 aliphatic heterocycles. The number of thioether (sulfide) groups is 1. The van der Waals surface area contributed by atoms with Gasteiger partial charge in [0.25, 0.3) is 18.1 Å². The molecule has 1 saturated heterocycles. The first-order valence-corrected chi connectivity index (χ1v) is 11.6. The van der Waals surface area contributed by atoms with Gasteiger partial charge in [-0.15, -0.1) is 11.8 Å². The highest BCUT2D eigenvalue weighted by Crippen LogP contribution is 2.40. The van der Waals surface area contributed by atoms with Crippen LogP contribution in [0.4, 0.5) is 5.69 Å². The topological polar surface area (TPSA) is 165 Å². The lowest BCUT2D eigenvalue weighted by Crippen LogP contribution is -2.70. The van der Waals surface area contributed by atoms with Crippen molar-refractivity contribution in [3.05, 3.63) is 81.2 Å². The molecule has 0 radical (unpaired) electrons. The third-order valence-corrected chi connectivity index (χ3v) is 6.74. The average molecular weight is 513 g/mol. The standard InChI is InChI=1S/C23H19N3O9S/c27-12-35-17-4-2-1-3-14(17)9-18(29)24-19-21(30)25-20(16(28)11-36-22(19)25)23(31)34-10-13-5-7-15(8-6-13)26(32)33/h1-8,12,19,22,28H,9-11H2,(H,24,29)/t19-,22+/m0/s1. The Balaban J connectivity index is 1.38. The highest BCUT2D eigenvalue weighted by atomic mass is 32.2. The number of β-lactam (4-membered cyclic amide) rings is 1. The smallest absolute Gasteiger partial charge is 0.358 e. The van der Waals surface area contributed by atoms with Gasteiger partial charge in [-0.1, -0.05) is 18.2 Å². The van der Waals surface area contributed by atoms with Crippen LogP contribution in [0.5, 0.6) is 5.75 Å². The van der Waals surface area contributed by atoms with Gasteiger partial charge < -0.3 is 19.9 Å². The van der Waals surface area contributed by atoms with Crippen LogP contribution >= 0.6 is 11.8 Å².